The van der Waals surface area contributed by atoms with E-state index < -0.39 is 5.91 Å². The van der Waals surface area contributed by atoms with Gasteiger partial charge in [0.1, 0.15) is 6.04 Å². The number of halogens is 1. The van der Waals surface area contributed by atoms with E-state index in [4.69, 9.17) is 17.3 Å². The summed E-state index contributed by atoms with van der Waals surface area (Å²) in [6, 6.07) is 13.9. The average molecular weight is 347 g/mol. The van der Waals surface area contributed by atoms with Crippen molar-refractivity contribution in [1.82, 2.24) is 0 Å². The van der Waals surface area contributed by atoms with Gasteiger partial charge in [0.15, 0.2) is 6.04 Å². The Morgan fingerprint density at radius 3 is 2.38 bits per heavy atom. The van der Waals surface area contributed by atoms with E-state index in [1.807, 2.05) is 43.4 Å². The largest absolute Gasteiger partial charge is 0.366 e. The molecule has 126 valence electrons. The third kappa shape index (κ3) is 4.81. The first-order valence-corrected chi connectivity index (χ1v) is 8.06. The zero-order chi connectivity index (χ0) is 17.7. The first-order valence-electron chi connectivity index (χ1n) is 7.68. The first-order chi connectivity index (χ1) is 11.4. The number of carbonyl (C=O) groups is 2. The highest BCUT2D eigenvalue weighted by Crippen LogP contribution is 2.15. The van der Waals surface area contributed by atoms with Crippen molar-refractivity contribution in [3.8, 4) is 0 Å². The minimum atomic E-state index is -0.495. The molecule has 0 spiro atoms. The summed E-state index contributed by atoms with van der Waals surface area (Å²) < 4.78 is 0. The zero-order valence-electron chi connectivity index (χ0n) is 13.6. The lowest BCUT2D eigenvalue weighted by molar-refractivity contribution is -0.709. The molecule has 2 aromatic carbocycles. The molecule has 0 aromatic heterocycles. The second kappa shape index (κ2) is 7.95. The Morgan fingerprint density at radius 2 is 1.79 bits per heavy atom. The Balaban J connectivity index is 1.95. The molecule has 0 radical (unpaired) electrons. The zero-order valence-corrected chi connectivity index (χ0v) is 14.4. The third-order valence-corrected chi connectivity index (χ3v) is 4.04. The van der Waals surface area contributed by atoms with Crippen LogP contribution in [0.2, 0.25) is 5.02 Å². The van der Waals surface area contributed by atoms with Crippen LogP contribution in [0.25, 0.3) is 0 Å². The number of amides is 2. The predicted molar refractivity (Wildman–Crippen MR) is 94.8 cm³/mol. The van der Waals surface area contributed by atoms with Gasteiger partial charge in [0, 0.05) is 21.8 Å². The summed E-state index contributed by atoms with van der Waals surface area (Å²) in [4.78, 5) is 23.3. The molecule has 0 bridgehead atoms. The van der Waals surface area contributed by atoms with Crippen LogP contribution in [0, 0.1) is 0 Å². The van der Waals surface area contributed by atoms with Crippen molar-refractivity contribution >= 4 is 29.1 Å². The van der Waals surface area contributed by atoms with Crippen LogP contribution in [-0.4, -0.2) is 17.9 Å². The summed E-state index contributed by atoms with van der Waals surface area (Å²) in [5.41, 5.74) is 7.29. The molecular formula is C18H21ClN3O2+. The number of carbonyl (C=O) groups excluding carboxylic acids is 2. The van der Waals surface area contributed by atoms with Gasteiger partial charge in [0.2, 0.25) is 5.91 Å². The van der Waals surface area contributed by atoms with Crippen LogP contribution in [0.4, 0.5) is 5.69 Å². The molecule has 0 aliphatic carbocycles. The highest BCUT2D eigenvalue weighted by molar-refractivity contribution is 6.30. The van der Waals surface area contributed by atoms with Gasteiger partial charge in [-0.25, -0.2) is 0 Å². The minimum Gasteiger partial charge on any atom is -0.366 e. The summed E-state index contributed by atoms with van der Waals surface area (Å²) in [5.74, 6) is -0.611. The number of hydrogen-bond donors (Lipinski definition) is 3. The molecule has 0 saturated heterocycles. The highest BCUT2D eigenvalue weighted by atomic mass is 35.5. The maximum absolute atomic E-state index is 12.3. The quantitative estimate of drug-likeness (QED) is 0.747. The van der Waals surface area contributed by atoms with Crippen LogP contribution in [0.15, 0.2) is 48.5 Å². The van der Waals surface area contributed by atoms with E-state index in [-0.39, 0.29) is 18.0 Å². The minimum absolute atomic E-state index is 0.0988. The molecule has 0 fully saturated rings. The molecule has 6 heteroatoms. The maximum atomic E-state index is 12.3. The monoisotopic (exact) mass is 346 g/mol. The van der Waals surface area contributed by atoms with Crippen molar-refractivity contribution in [2.24, 2.45) is 5.73 Å². The van der Waals surface area contributed by atoms with Crippen LogP contribution in [0.5, 0.6) is 0 Å². The van der Waals surface area contributed by atoms with Gasteiger partial charge in [-0.2, -0.15) is 0 Å². The lowest BCUT2D eigenvalue weighted by atomic mass is 10.1. The van der Waals surface area contributed by atoms with Crippen molar-refractivity contribution in [3.63, 3.8) is 0 Å². The van der Waals surface area contributed by atoms with Crippen LogP contribution >= 0.6 is 11.6 Å². The highest BCUT2D eigenvalue weighted by Gasteiger charge is 2.20. The van der Waals surface area contributed by atoms with E-state index in [0.717, 1.165) is 5.56 Å². The van der Waals surface area contributed by atoms with Gasteiger partial charge >= 0.3 is 0 Å². The summed E-state index contributed by atoms with van der Waals surface area (Å²) in [7, 11) is 0. The maximum Gasteiger partial charge on any atom is 0.282 e. The molecule has 0 saturated carbocycles. The Morgan fingerprint density at radius 1 is 1.12 bits per heavy atom. The summed E-state index contributed by atoms with van der Waals surface area (Å²) in [5, 5.41) is 5.48. The van der Waals surface area contributed by atoms with Crippen molar-refractivity contribution < 1.29 is 14.9 Å². The standard InChI is InChI=1S/C18H20ClN3O2/c1-11(14-4-3-5-15(19)10-14)21-12(2)18(24)22-16-8-6-13(7-9-16)17(20)23/h3-12,21H,1-2H3,(H2,20,23)(H,22,24)/p+1/t11-,12-/m1/s1. The number of benzene rings is 2. The van der Waals surface area contributed by atoms with Crippen LogP contribution < -0.4 is 16.4 Å². The molecule has 0 heterocycles. The summed E-state index contributed by atoms with van der Waals surface area (Å²) in [6.45, 7) is 3.87. The molecule has 0 unspecified atom stereocenters. The van der Waals surface area contributed by atoms with Gasteiger partial charge < -0.3 is 16.4 Å². The predicted octanol–water partition coefficient (Wildman–Crippen LogP) is 2.09. The van der Waals surface area contributed by atoms with E-state index in [1.165, 1.54) is 0 Å². The van der Waals surface area contributed by atoms with Crippen LogP contribution in [-0.2, 0) is 4.79 Å². The van der Waals surface area contributed by atoms with Gasteiger partial charge in [0.25, 0.3) is 5.91 Å². The van der Waals surface area contributed by atoms with Crippen molar-refractivity contribution in [2.45, 2.75) is 25.9 Å². The van der Waals surface area contributed by atoms with Crippen LogP contribution in [0.3, 0.4) is 0 Å². The SMILES string of the molecule is C[C@@H]([NH2+][C@H](C)c1cccc(Cl)c1)C(=O)Nc1ccc(C(N)=O)cc1. The fourth-order valence-corrected chi connectivity index (χ4v) is 2.59. The number of hydrogen-bond acceptors (Lipinski definition) is 2. The number of nitrogens with two attached hydrogens (primary N) is 2. The molecule has 5 N–H and O–H groups in total. The fourth-order valence-electron chi connectivity index (χ4n) is 2.40. The third-order valence-electron chi connectivity index (χ3n) is 3.80. The Hall–Kier alpha value is -2.37. The van der Waals surface area contributed by atoms with Gasteiger partial charge in [-0.3, -0.25) is 9.59 Å². The number of quaternary nitrogens is 1. The Bertz CT molecular complexity index is 731. The molecule has 2 amide bonds. The Labute approximate surface area is 146 Å². The lowest BCUT2D eigenvalue weighted by Gasteiger charge is -2.17. The van der Waals surface area contributed by atoms with E-state index in [9.17, 15) is 9.59 Å². The normalized spacial score (nSPS) is 13.1. The number of rotatable bonds is 6. The molecule has 2 atom stereocenters. The van der Waals surface area contributed by atoms with Crippen molar-refractivity contribution in [1.29, 1.82) is 0 Å². The van der Waals surface area contributed by atoms with Gasteiger partial charge in [-0.1, -0.05) is 23.7 Å². The number of anilines is 1. The molecule has 2 rings (SSSR count). The van der Waals surface area contributed by atoms with Gasteiger partial charge in [-0.05, 0) is 50.2 Å². The van der Waals surface area contributed by atoms with Crippen molar-refractivity contribution in [2.75, 3.05) is 5.32 Å². The van der Waals surface area contributed by atoms with E-state index in [1.54, 1.807) is 24.3 Å². The molecule has 24 heavy (non-hydrogen) atoms. The second-order valence-corrected chi connectivity index (χ2v) is 6.19. The molecular weight excluding hydrogens is 326 g/mol. The Kier molecular flexibility index (Phi) is 5.95. The molecule has 0 aliphatic heterocycles. The van der Waals surface area contributed by atoms with Crippen molar-refractivity contribution in [3.05, 3.63) is 64.7 Å². The van der Waals surface area contributed by atoms with E-state index in [2.05, 4.69) is 5.32 Å². The van der Waals surface area contributed by atoms with Gasteiger partial charge in [-0.15, -0.1) is 0 Å². The van der Waals surface area contributed by atoms with E-state index >= 15 is 0 Å². The number of nitrogens with one attached hydrogen (secondary N) is 1. The first kappa shape index (κ1) is 18.0. The van der Waals surface area contributed by atoms with E-state index in [0.29, 0.717) is 16.3 Å². The second-order valence-electron chi connectivity index (χ2n) is 5.76. The molecule has 5 nitrogen and oxygen atoms in total. The van der Waals surface area contributed by atoms with Crippen LogP contribution in [0.1, 0.15) is 35.8 Å². The number of primary amides is 1. The average Bonchev–Trinajstić information content (AvgIpc) is 2.55. The summed E-state index contributed by atoms with van der Waals surface area (Å²) in [6.07, 6.45) is 0. The molecule has 0 aliphatic rings. The van der Waals surface area contributed by atoms with Gasteiger partial charge in [0.05, 0.1) is 0 Å². The molecule has 2 aromatic rings. The fraction of sp³-hybridized carbons (Fsp3) is 0.222. The lowest BCUT2D eigenvalue weighted by Crippen LogP contribution is -2.91. The topological polar surface area (TPSA) is 88.8 Å². The summed E-state index contributed by atoms with van der Waals surface area (Å²) >= 11 is 6.00. The smallest absolute Gasteiger partial charge is 0.282 e.